The molecule has 4 atom stereocenters. The molecule has 0 spiro atoms. The molecule has 0 aliphatic carbocycles. The Hall–Kier alpha value is -1.47. The third-order valence-corrected chi connectivity index (χ3v) is 4.69. The Morgan fingerprint density at radius 3 is 2.52 bits per heavy atom. The third kappa shape index (κ3) is 5.51. The molecule has 0 aromatic heterocycles. The van der Waals surface area contributed by atoms with Crippen LogP contribution in [-0.4, -0.2) is 64.0 Å². The number of hydrogen-bond acceptors (Lipinski definition) is 6. The Balaban J connectivity index is 1.95. The van der Waals surface area contributed by atoms with E-state index in [1.165, 1.54) is 0 Å². The Bertz CT molecular complexity index is 521. The lowest BCUT2D eigenvalue weighted by molar-refractivity contribution is -0.143. The van der Waals surface area contributed by atoms with Gasteiger partial charge in [0.25, 0.3) is 0 Å². The zero-order valence-electron chi connectivity index (χ0n) is 14.8. The Labute approximate surface area is 149 Å². The molecular formula is C19H29NO5. The summed E-state index contributed by atoms with van der Waals surface area (Å²) in [5.74, 6) is 0.818. The smallest absolute Gasteiger partial charge is 0.121 e. The lowest BCUT2D eigenvalue weighted by atomic mass is 9.91. The molecule has 6 nitrogen and oxygen atoms in total. The molecule has 3 N–H and O–H groups in total. The quantitative estimate of drug-likeness (QED) is 0.456. The van der Waals surface area contributed by atoms with Crippen molar-refractivity contribution in [1.82, 2.24) is 4.90 Å². The molecule has 0 radical (unpaired) electrons. The number of unbranched alkanes of at least 4 members (excludes halogenated alkanes) is 2. The van der Waals surface area contributed by atoms with Gasteiger partial charge in [0.2, 0.25) is 0 Å². The molecular weight excluding hydrogens is 322 g/mol. The second-order valence-corrected chi connectivity index (χ2v) is 6.65. The van der Waals surface area contributed by atoms with Crippen LogP contribution in [0.4, 0.5) is 0 Å². The van der Waals surface area contributed by atoms with Crippen LogP contribution in [0.1, 0.15) is 38.2 Å². The Morgan fingerprint density at radius 2 is 1.88 bits per heavy atom. The van der Waals surface area contributed by atoms with E-state index in [1.54, 1.807) is 0 Å². The van der Waals surface area contributed by atoms with Crippen LogP contribution in [0.2, 0.25) is 0 Å². The van der Waals surface area contributed by atoms with Crippen LogP contribution in [0.15, 0.2) is 24.3 Å². The van der Waals surface area contributed by atoms with Gasteiger partial charge >= 0.3 is 0 Å². The molecule has 1 unspecified atom stereocenters. The van der Waals surface area contributed by atoms with Gasteiger partial charge in [-0.3, -0.25) is 4.90 Å². The van der Waals surface area contributed by atoms with Crippen molar-refractivity contribution in [3.05, 3.63) is 29.8 Å². The molecule has 25 heavy (non-hydrogen) atoms. The number of benzene rings is 1. The number of aldehydes is 1. The van der Waals surface area contributed by atoms with Crippen LogP contribution in [0.25, 0.3) is 0 Å². The van der Waals surface area contributed by atoms with Gasteiger partial charge < -0.3 is 24.9 Å². The molecule has 1 heterocycles. The first-order valence-corrected chi connectivity index (χ1v) is 9.00. The molecule has 2 rings (SSSR count). The van der Waals surface area contributed by atoms with Crippen LogP contribution in [-0.2, 0) is 11.3 Å². The van der Waals surface area contributed by atoms with E-state index in [0.29, 0.717) is 13.2 Å². The standard InChI is InChI=1S/C19H29NO5/c1-2-3-4-11-25-15-7-5-14(6-8-15)12-20-13-17(22)19(24)18(23)16(20)9-10-21/h5-8,10,16-19,22-24H,2-4,9,11-13H2,1H3/t16-,17-,18?,19+/m0/s1. The number of likely N-dealkylation sites (tertiary alicyclic amines) is 1. The number of aliphatic hydroxyl groups excluding tert-OH is 3. The van der Waals surface area contributed by atoms with Gasteiger partial charge in [-0.15, -0.1) is 0 Å². The molecule has 1 aromatic carbocycles. The predicted octanol–water partition coefficient (Wildman–Crippen LogP) is 1.11. The number of rotatable bonds is 9. The maximum Gasteiger partial charge on any atom is 0.121 e. The maximum atomic E-state index is 10.9. The highest BCUT2D eigenvalue weighted by Crippen LogP contribution is 2.24. The van der Waals surface area contributed by atoms with Crippen molar-refractivity contribution < 1.29 is 24.9 Å². The molecule has 1 saturated heterocycles. The van der Waals surface area contributed by atoms with Gasteiger partial charge in [0, 0.05) is 25.6 Å². The van der Waals surface area contributed by atoms with Crippen molar-refractivity contribution in [2.75, 3.05) is 13.2 Å². The van der Waals surface area contributed by atoms with Gasteiger partial charge in [-0.25, -0.2) is 0 Å². The Morgan fingerprint density at radius 1 is 1.16 bits per heavy atom. The minimum atomic E-state index is -1.22. The summed E-state index contributed by atoms with van der Waals surface area (Å²) in [7, 11) is 0. The lowest BCUT2D eigenvalue weighted by Crippen LogP contribution is -2.60. The molecule has 0 bridgehead atoms. The number of nitrogens with zero attached hydrogens (tertiary/aromatic N) is 1. The Kier molecular flexibility index (Phi) is 7.84. The molecule has 1 fully saturated rings. The van der Waals surface area contributed by atoms with Gasteiger partial charge in [-0.1, -0.05) is 31.9 Å². The largest absolute Gasteiger partial charge is 0.494 e. The maximum absolute atomic E-state index is 10.9. The number of carbonyl (C=O) groups is 1. The third-order valence-electron chi connectivity index (χ3n) is 4.69. The van der Waals surface area contributed by atoms with E-state index in [4.69, 9.17) is 4.74 Å². The van der Waals surface area contributed by atoms with E-state index in [1.807, 2.05) is 29.2 Å². The highest BCUT2D eigenvalue weighted by Gasteiger charge is 2.40. The normalized spacial score (nSPS) is 27.2. The van der Waals surface area contributed by atoms with Gasteiger partial charge in [-0.05, 0) is 24.1 Å². The van der Waals surface area contributed by atoms with Crippen LogP contribution >= 0.6 is 0 Å². The molecule has 140 valence electrons. The first kappa shape index (κ1) is 19.8. The van der Waals surface area contributed by atoms with Crippen LogP contribution in [0, 0.1) is 0 Å². The van der Waals surface area contributed by atoms with E-state index < -0.39 is 24.4 Å². The van der Waals surface area contributed by atoms with Gasteiger partial charge in [-0.2, -0.15) is 0 Å². The molecule has 6 heteroatoms. The molecule has 1 aromatic rings. The number of hydrogen-bond donors (Lipinski definition) is 3. The second-order valence-electron chi connectivity index (χ2n) is 6.65. The number of piperidine rings is 1. The van der Waals surface area contributed by atoms with Crippen molar-refractivity contribution in [3.63, 3.8) is 0 Å². The first-order chi connectivity index (χ1) is 12.1. The fraction of sp³-hybridized carbons (Fsp3) is 0.632. The predicted molar refractivity (Wildman–Crippen MR) is 94.4 cm³/mol. The number of aliphatic hydroxyl groups is 3. The molecule has 0 amide bonds. The van der Waals surface area contributed by atoms with Gasteiger partial charge in [0.05, 0.1) is 18.8 Å². The molecule has 1 aliphatic rings. The number of ether oxygens (including phenoxy) is 1. The fourth-order valence-electron chi connectivity index (χ4n) is 3.19. The van der Waals surface area contributed by atoms with Gasteiger partial charge in [0.15, 0.2) is 0 Å². The number of β-amino-alcohol motifs (C(OH)–C–C–N with tert-alkyl or cyclic N) is 1. The van der Waals surface area contributed by atoms with E-state index in [-0.39, 0.29) is 13.0 Å². The fourth-order valence-corrected chi connectivity index (χ4v) is 3.19. The summed E-state index contributed by atoms with van der Waals surface area (Å²) in [5, 5.41) is 29.9. The van der Waals surface area contributed by atoms with E-state index >= 15 is 0 Å². The van der Waals surface area contributed by atoms with Crippen molar-refractivity contribution in [2.45, 2.75) is 63.5 Å². The summed E-state index contributed by atoms with van der Waals surface area (Å²) in [6, 6.07) is 7.19. The number of carbonyl (C=O) groups excluding carboxylic acids is 1. The van der Waals surface area contributed by atoms with Crippen molar-refractivity contribution >= 4 is 6.29 Å². The summed E-state index contributed by atoms with van der Waals surface area (Å²) in [4.78, 5) is 12.7. The van der Waals surface area contributed by atoms with Crippen molar-refractivity contribution in [2.24, 2.45) is 0 Å². The minimum Gasteiger partial charge on any atom is -0.494 e. The van der Waals surface area contributed by atoms with Crippen LogP contribution < -0.4 is 4.74 Å². The average molecular weight is 351 g/mol. The summed E-state index contributed by atoms with van der Waals surface area (Å²) in [6.07, 6.45) is 0.808. The zero-order chi connectivity index (χ0) is 18.2. The lowest BCUT2D eigenvalue weighted by Gasteiger charge is -2.43. The topological polar surface area (TPSA) is 90.2 Å². The zero-order valence-corrected chi connectivity index (χ0v) is 14.8. The van der Waals surface area contributed by atoms with E-state index in [2.05, 4.69) is 6.92 Å². The van der Waals surface area contributed by atoms with E-state index in [9.17, 15) is 20.1 Å². The van der Waals surface area contributed by atoms with Crippen molar-refractivity contribution in [1.29, 1.82) is 0 Å². The molecule has 0 saturated carbocycles. The van der Waals surface area contributed by atoms with E-state index in [0.717, 1.165) is 36.9 Å². The highest BCUT2D eigenvalue weighted by atomic mass is 16.5. The second kappa shape index (κ2) is 9.87. The summed E-state index contributed by atoms with van der Waals surface area (Å²) in [5.41, 5.74) is 0.993. The van der Waals surface area contributed by atoms with Gasteiger partial charge in [0.1, 0.15) is 18.1 Å². The monoisotopic (exact) mass is 351 g/mol. The summed E-state index contributed by atoms with van der Waals surface area (Å²) in [6.45, 7) is 3.55. The summed E-state index contributed by atoms with van der Waals surface area (Å²) < 4.78 is 5.69. The highest BCUT2D eigenvalue weighted by molar-refractivity contribution is 5.50. The van der Waals surface area contributed by atoms with Crippen LogP contribution in [0.5, 0.6) is 5.75 Å². The van der Waals surface area contributed by atoms with Crippen molar-refractivity contribution in [3.8, 4) is 5.75 Å². The summed E-state index contributed by atoms with van der Waals surface area (Å²) >= 11 is 0. The average Bonchev–Trinajstić information content (AvgIpc) is 2.61. The molecule has 1 aliphatic heterocycles. The minimum absolute atomic E-state index is 0.115. The first-order valence-electron chi connectivity index (χ1n) is 9.00. The van der Waals surface area contributed by atoms with Crippen LogP contribution in [0.3, 0.4) is 0 Å². The SMILES string of the molecule is CCCCCOc1ccc(CN2C[C@H](O)[C@@H](O)C(O)[C@@H]2CC=O)cc1.